The van der Waals surface area contributed by atoms with Crippen LogP contribution in [-0.2, 0) is 0 Å². The lowest BCUT2D eigenvalue weighted by atomic mass is 10.0. The Morgan fingerprint density at radius 3 is 2.67 bits per heavy atom. The first-order chi connectivity index (χ1) is 7.18. The largest absolute Gasteiger partial charge is 0.472 e. The van der Waals surface area contributed by atoms with Crippen molar-refractivity contribution in [3.8, 4) is 0 Å². The van der Waals surface area contributed by atoms with Gasteiger partial charge >= 0.3 is 0 Å². The number of hydrogen-bond donors (Lipinski definition) is 1. The van der Waals surface area contributed by atoms with Gasteiger partial charge in [0.2, 0.25) is 0 Å². The number of hydrogen-bond acceptors (Lipinski definition) is 3. The summed E-state index contributed by atoms with van der Waals surface area (Å²) in [5.74, 6) is 0. The average Bonchev–Trinajstić information content (AvgIpc) is 2.69. The zero-order chi connectivity index (χ0) is 10.8. The highest BCUT2D eigenvalue weighted by atomic mass is 16.3. The molecule has 2 heterocycles. The third-order valence-electron chi connectivity index (χ3n) is 2.50. The Morgan fingerprint density at radius 1 is 1.27 bits per heavy atom. The van der Waals surface area contributed by atoms with E-state index in [4.69, 9.17) is 10.2 Å². The van der Waals surface area contributed by atoms with E-state index in [1.165, 1.54) is 0 Å². The topological polar surface area (TPSA) is 52.0 Å². The van der Waals surface area contributed by atoms with Gasteiger partial charge in [0.05, 0.1) is 18.6 Å². The predicted octanol–water partition coefficient (Wildman–Crippen LogP) is 2.34. The summed E-state index contributed by atoms with van der Waals surface area (Å²) < 4.78 is 5.02. The van der Waals surface area contributed by atoms with Gasteiger partial charge in [0.25, 0.3) is 0 Å². The molecule has 1 atom stereocenters. The number of nitrogens with zero attached hydrogens (tertiary/aromatic N) is 1. The van der Waals surface area contributed by atoms with E-state index in [1.54, 1.807) is 12.5 Å². The summed E-state index contributed by atoms with van der Waals surface area (Å²) in [6.07, 6.45) is 3.30. The van der Waals surface area contributed by atoms with Crippen LogP contribution in [0.25, 0.3) is 0 Å². The molecule has 0 saturated heterocycles. The molecule has 2 aromatic rings. The number of rotatable bonds is 2. The Morgan fingerprint density at radius 2 is 2.07 bits per heavy atom. The van der Waals surface area contributed by atoms with E-state index in [2.05, 4.69) is 4.98 Å². The van der Waals surface area contributed by atoms with Crippen molar-refractivity contribution in [2.45, 2.75) is 19.9 Å². The molecule has 1 unspecified atom stereocenters. The van der Waals surface area contributed by atoms with Crippen molar-refractivity contribution in [2.24, 2.45) is 5.73 Å². The van der Waals surface area contributed by atoms with Gasteiger partial charge in [-0.3, -0.25) is 4.98 Å². The van der Waals surface area contributed by atoms with Gasteiger partial charge in [-0.15, -0.1) is 0 Å². The number of furan rings is 1. The van der Waals surface area contributed by atoms with Crippen LogP contribution in [0.2, 0.25) is 0 Å². The molecule has 0 fully saturated rings. The van der Waals surface area contributed by atoms with Crippen LogP contribution < -0.4 is 5.73 Å². The highest BCUT2D eigenvalue weighted by molar-refractivity contribution is 5.32. The summed E-state index contributed by atoms with van der Waals surface area (Å²) in [5, 5.41) is 0. The molecule has 2 N–H and O–H groups in total. The molecule has 3 nitrogen and oxygen atoms in total. The van der Waals surface area contributed by atoms with Crippen molar-refractivity contribution in [1.29, 1.82) is 0 Å². The minimum Gasteiger partial charge on any atom is -0.472 e. The highest BCUT2D eigenvalue weighted by Gasteiger charge is 2.12. The molecule has 0 bridgehead atoms. The molecular weight excluding hydrogens is 188 g/mol. The lowest BCUT2D eigenvalue weighted by Gasteiger charge is -2.12. The van der Waals surface area contributed by atoms with Gasteiger partial charge in [-0.2, -0.15) is 0 Å². The monoisotopic (exact) mass is 202 g/mol. The molecule has 0 amide bonds. The zero-order valence-corrected chi connectivity index (χ0v) is 8.90. The molecule has 2 rings (SSSR count). The second kappa shape index (κ2) is 3.87. The quantitative estimate of drug-likeness (QED) is 0.813. The van der Waals surface area contributed by atoms with Gasteiger partial charge < -0.3 is 10.2 Å². The maximum Gasteiger partial charge on any atom is 0.0953 e. The predicted molar refractivity (Wildman–Crippen MR) is 58.4 cm³/mol. The summed E-state index contributed by atoms with van der Waals surface area (Å²) in [4.78, 5) is 4.39. The third-order valence-corrected chi connectivity index (χ3v) is 2.50. The van der Waals surface area contributed by atoms with Gasteiger partial charge in [0.15, 0.2) is 0 Å². The van der Waals surface area contributed by atoms with Crippen LogP contribution >= 0.6 is 0 Å². The molecule has 2 aromatic heterocycles. The molecule has 15 heavy (non-hydrogen) atoms. The van der Waals surface area contributed by atoms with Crippen LogP contribution in [0.4, 0.5) is 0 Å². The lowest BCUT2D eigenvalue weighted by molar-refractivity contribution is 0.562. The first kappa shape index (κ1) is 9.93. The maximum atomic E-state index is 6.11. The highest BCUT2D eigenvalue weighted by Crippen LogP contribution is 2.21. The Balaban J connectivity index is 2.38. The third kappa shape index (κ3) is 1.92. The minimum atomic E-state index is -0.156. The Bertz CT molecular complexity index is 449. The van der Waals surface area contributed by atoms with E-state index >= 15 is 0 Å². The molecule has 3 heteroatoms. The zero-order valence-electron chi connectivity index (χ0n) is 8.90. The summed E-state index contributed by atoms with van der Waals surface area (Å²) in [7, 11) is 0. The fraction of sp³-hybridized carbons (Fsp3) is 0.250. The molecule has 0 aliphatic carbocycles. The second-order valence-electron chi connectivity index (χ2n) is 3.66. The standard InChI is InChI=1S/C12H14N2O/c1-8-3-4-11(9(2)14-8)12(13)10-5-6-15-7-10/h3-7,12H,13H2,1-2H3. The fourth-order valence-electron chi connectivity index (χ4n) is 1.66. The Kier molecular flexibility index (Phi) is 2.56. The normalized spacial score (nSPS) is 12.7. The Labute approximate surface area is 88.9 Å². The molecule has 0 aromatic carbocycles. The minimum absolute atomic E-state index is 0.156. The van der Waals surface area contributed by atoms with Crippen LogP contribution in [-0.4, -0.2) is 4.98 Å². The van der Waals surface area contributed by atoms with Crippen LogP contribution in [0.3, 0.4) is 0 Å². The van der Waals surface area contributed by atoms with Gasteiger partial charge in [0, 0.05) is 17.0 Å². The molecule has 0 radical (unpaired) electrons. The maximum absolute atomic E-state index is 6.11. The van der Waals surface area contributed by atoms with Crippen molar-refractivity contribution in [1.82, 2.24) is 4.98 Å². The van der Waals surface area contributed by atoms with Crippen LogP contribution in [0, 0.1) is 13.8 Å². The van der Waals surface area contributed by atoms with Gasteiger partial charge in [-0.25, -0.2) is 0 Å². The number of nitrogens with two attached hydrogens (primary N) is 1. The van der Waals surface area contributed by atoms with E-state index in [1.807, 2.05) is 32.0 Å². The summed E-state index contributed by atoms with van der Waals surface area (Å²) >= 11 is 0. The van der Waals surface area contributed by atoms with Crippen molar-refractivity contribution in [2.75, 3.05) is 0 Å². The van der Waals surface area contributed by atoms with E-state index in [-0.39, 0.29) is 6.04 Å². The van der Waals surface area contributed by atoms with E-state index < -0.39 is 0 Å². The van der Waals surface area contributed by atoms with Gasteiger partial charge in [0.1, 0.15) is 0 Å². The van der Waals surface area contributed by atoms with Crippen molar-refractivity contribution in [3.63, 3.8) is 0 Å². The molecule has 0 aliphatic heterocycles. The van der Waals surface area contributed by atoms with Crippen molar-refractivity contribution in [3.05, 3.63) is 53.2 Å². The summed E-state index contributed by atoms with van der Waals surface area (Å²) in [6, 6.07) is 5.72. The number of aryl methyl sites for hydroxylation is 2. The first-order valence-electron chi connectivity index (χ1n) is 4.90. The van der Waals surface area contributed by atoms with Gasteiger partial charge in [-0.1, -0.05) is 6.07 Å². The van der Waals surface area contributed by atoms with Gasteiger partial charge in [-0.05, 0) is 31.5 Å². The van der Waals surface area contributed by atoms with E-state index in [0.29, 0.717) is 0 Å². The Hall–Kier alpha value is -1.61. The van der Waals surface area contributed by atoms with Crippen molar-refractivity contribution < 1.29 is 4.42 Å². The fourth-order valence-corrected chi connectivity index (χ4v) is 1.66. The van der Waals surface area contributed by atoms with Crippen molar-refractivity contribution >= 4 is 0 Å². The number of pyridine rings is 1. The van der Waals surface area contributed by atoms with Crippen LogP contribution in [0.5, 0.6) is 0 Å². The molecule has 0 spiro atoms. The van der Waals surface area contributed by atoms with Crippen LogP contribution in [0.15, 0.2) is 35.1 Å². The molecular formula is C12H14N2O. The van der Waals surface area contributed by atoms with E-state index in [0.717, 1.165) is 22.5 Å². The smallest absolute Gasteiger partial charge is 0.0953 e. The number of aromatic nitrogens is 1. The second-order valence-corrected chi connectivity index (χ2v) is 3.66. The average molecular weight is 202 g/mol. The summed E-state index contributed by atoms with van der Waals surface area (Å²) in [5.41, 5.74) is 10.1. The van der Waals surface area contributed by atoms with E-state index in [9.17, 15) is 0 Å². The van der Waals surface area contributed by atoms with Crippen LogP contribution in [0.1, 0.15) is 28.6 Å². The SMILES string of the molecule is Cc1ccc(C(N)c2ccoc2)c(C)n1. The lowest BCUT2D eigenvalue weighted by Crippen LogP contribution is -2.13. The molecule has 0 aliphatic rings. The molecule has 0 saturated carbocycles. The summed E-state index contributed by atoms with van der Waals surface area (Å²) in [6.45, 7) is 3.95. The molecule has 78 valence electrons. The first-order valence-corrected chi connectivity index (χ1v) is 4.90.